The van der Waals surface area contributed by atoms with Gasteiger partial charge in [0.1, 0.15) is 5.75 Å². The fourth-order valence-electron chi connectivity index (χ4n) is 3.98. The van der Waals surface area contributed by atoms with Crippen molar-refractivity contribution in [3.05, 3.63) is 59.2 Å². The van der Waals surface area contributed by atoms with Gasteiger partial charge in [0.2, 0.25) is 5.91 Å². The first-order valence-electron chi connectivity index (χ1n) is 10.1. The Bertz CT molecular complexity index is 806. The molecule has 0 spiro atoms. The highest BCUT2D eigenvalue weighted by atomic mass is 16.5. The highest BCUT2D eigenvalue weighted by Crippen LogP contribution is 2.42. The third-order valence-corrected chi connectivity index (χ3v) is 5.80. The standard InChI is InChI=1S/C24H31NO2/c1-5-19(4)27-22-12-11-21(16-18(22)3)25-23(26)24(13-6-7-14-24)20-10-8-9-17(2)15-20/h8-12,15-16,19H,5-7,13-14H2,1-4H3,(H,25,26)/t19-/m0/s1. The summed E-state index contributed by atoms with van der Waals surface area (Å²) in [5.41, 5.74) is 3.82. The van der Waals surface area contributed by atoms with Crippen LogP contribution in [0.4, 0.5) is 5.69 Å². The second-order valence-corrected chi connectivity index (χ2v) is 7.93. The van der Waals surface area contributed by atoms with Gasteiger partial charge >= 0.3 is 0 Å². The number of benzene rings is 2. The molecule has 1 aliphatic rings. The Kier molecular flexibility index (Phi) is 5.88. The quantitative estimate of drug-likeness (QED) is 0.689. The van der Waals surface area contributed by atoms with Gasteiger partial charge in [-0.05, 0) is 69.4 Å². The van der Waals surface area contributed by atoms with Gasteiger partial charge < -0.3 is 10.1 Å². The van der Waals surface area contributed by atoms with E-state index in [1.165, 1.54) is 5.56 Å². The lowest BCUT2D eigenvalue weighted by Gasteiger charge is -2.29. The van der Waals surface area contributed by atoms with Crippen molar-refractivity contribution >= 4 is 11.6 Å². The molecule has 3 nitrogen and oxygen atoms in total. The maximum absolute atomic E-state index is 13.3. The number of amides is 1. The number of hydrogen-bond acceptors (Lipinski definition) is 2. The third-order valence-electron chi connectivity index (χ3n) is 5.80. The molecule has 2 aromatic rings. The molecule has 0 heterocycles. The van der Waals surface area contributed by atoms with Gasteiger partial charge in [-0.3, -0.25) is 4.79 Å². The maximum Gasteiger partial charge on any atom is 0.235 e. The fraction of sp³-hybridized carbons (Fsp3) is 0.458. The van der Waals surface area contributed by atoms with Crippen molar-refractivity contribution in [2.24, 2.45) is 0 Å². The van der Waals surface area contributed by atoms with E-state index in [0.29, 0.717) is 0 Å². The first-order valence-corrected chi connectivity index (χ1v) is 10.1. The van der Waals surface area contributed by atoms with Gasteiger partial charge in [0.15, 0.2) is 0 Å². The molecule has 1 aliphatic carbocycles. The summed E-state index contributed by atoms with van der Waals surface area (Å²) in [6, 6.07) is 14.3. The summed E-state index contributed by atoms with van der Waals surface area (Å²) in [6.07, 6.45) is 5.18. The number of hydrogen-bond donors (Lipinski definition) is 1. The molecular formula is C24H31NO2. The Morgan fingerprint density at radius 2 is 1.89 bits per heavy atom. The summed E-state index contributed by atoms with van der Waals surface area (Å²) in [4.78, 5) is 13.3. The number of carbonyl (C=O) groups is 1. The van der Waals surface area contributed by atoms with E-state index < -0.39 is 5.41 Å². The zero-order valence-electron chi connectivity index (χ0n) is 17.0. The molecule has 1 fully saturated rings. The van der Waals surface area contributed by atoms with E-state index >= 15 is 0 Å². The van der Waals surface area contributed by atoms with Gasteiger partial charge in [-0.2, -0.15) is 0 Å². The molecular weight excluding hydrogens is 334 g/mol. The zero-order valence-corrected chi connectivity index (χ0v) is 17.0. The number of rotatable bonds is 6. The summed E-state index contributed by atoms with van der Waals surface area (Å²) in [7, 11) is 0. The Labute approximate surface area is 163 Å². The van der Waals surface area contributed by atoms with Gasteiger partial charge in [0, 0.05) is 5.69 Å². The number of anilines is 1. The molecule has 0 radical (unpaired) electrons. The molecule has 2 aromatic carbocycles. The fourth-order valence-corrected chi connectivity index (χ4v) is 3.98. The number of ether oxygens (including phenoxy) is 1. The molecule has 1 N–H and O–H groups in total. The van der Waals surface area contributed by atoms with Crippen molar-refractivity contribution in [2.45, 2.75) is 71.3 Å². The normalized spacial score (nSPS) is 16.7. The summed E-state index contributed by atoms with van der Waals surface area (Å²) >= 11 is 0. The SMILES string of the molecule is CC[C@H](C)Oc1ccc(NC(=O)C2(c3cccc(C)c3)CCCC2)cc1C. The lowest BCUT2D eigenvalue weighted by Crippen LogP contribution is -2.38. The van der Waals surface area contributed by atoms with Gasteiger partial charge in [-0.15, -0.1) is 0 Å². The van der Waals surface area contributed by atoms with Crippen LogP contribution in [0.25, 0.3) is 0 Å². The second kappa shape index (κ2) is 8.16. The van der Waals surface area contributed by atoms with Crippen LogP contribution < -0.4 is 10.1 Å². The molecule has 1 saturated carbocycles. The van der Waals surface area contributed by atoms with Crippen molar-refractivity contribution in [3.8, 4) is 5.75 Å². The van der Waals surface area contributed by atoms with E-state index in [2.05, 4.69) is 50.4 Å². The van der Waals surface area contributed by atoms with Crippen molar-refractivity contribution in [1.82, 2.24) is 0 Å². The van der Waals surface area contributed by atoms with E-state index in [0.717, 1.165) is 54.7 Å². The molecule has 0 unspecified atom stereocenters. The van der Waals surface area contributed by atoms with Gasteiger partial charge in [0.25, 0.3) is 0 Å². The Hall–Kier alpha value is -2.29. The van der Waals surface area contributed by atoms with Crippen LogP contribution in [0.15, 0.2) is 42.5 Å². The van der Waals surface area contributed by atoms with Crippen LogP contribution in [0.1, 0.15) is 62.6 Å². The molecule has 144 valence electrons. The van der Waals surface area contributed by atoms with Gasteiger partial charge in [0.05, 0.1) is 11.5 Å². The lowest BCUT2D eigenvalue weighted by molar-refractivity contribution is -0.121. The van der Waals surface area contributed by atoms with E-state index in [9.17, 15) is 4.79 Å². The minimum atomic E-state index is -0.411. The van der Waals surface area contributed by atoms with Crippen molar-refractivity contribution in [2.75, 3.05) is 5.32 Å². The Balaban J connectivity index is 1.82. The highest BCUT2D eigenvalue weighted by molar-refractivity contribution is 5.99. The van der Waals surface area contributed by atoms with Crippen LogP contribution in [0.3, 0.4) is 0 Å². The van der Waals surface area contributed by atoms with Crippen LogP contribution in [0.2, 0.25) is 0 Å². The molecule has 27 heavy (non-hydrogen) atoms. The van der Waals surface area contributed by atoms with Crippen LogP contribution >= 0.6 is 0 Å². The first-order chi connectivity index (χ1) is 12.9. The lowest BCUT2D eigenvalue weighted by atomic mass is 9.77. The summed E-state index contributed by atoms with van der Waals surface area (Å²) < 4.78 is 5.94. The summed E-state index contributed by atoms with van der Waals surface area (Å²) in [5, 5.41) is 3.18. The van der Waals surface area contributed by atoms with Crippen LogP contribution in [-0.2, 0) is 10.2 Å². The minimum absolute atomic E-state index is 0.112. The molecule has 0 saturated heterocycles. The average Bonchev–Trinajstić information content (AvgIpc) is 3.15. The highest BCUT2D eigenvalue weighted by Gasteiger charge is 2.42. The number of nitrogens with one attached hydrogen (secondary N) is 1. The predicted octanol–water partition coefficient (Wildman–Crippen LogP) is 5.93. The number of aryl methyl sites for hydroxylation is 2. The molecule has 3 heteroatoms. The largest absolute Gasteiger partial charge is 0.490 e. The monoisotopic (exact) mass is 365 g/mol. The van der Waals surface area contributed by atoms with E-state index in [4.69, 9.17) is 4.74 Å². The van der Waals surface area contributed by atoms with Gasteiger partial charge in [-0.25, -0.2) is 0 Å². The van der Waals surface area contributed by atoms with Crippen LogP contribution in [0.5, 0.6) is 5.75 Å². The molecule has 1 atom stereocenters. The van der Waals surface area contributed by atoms with E-state index in [-0.39, 0.29) is 12.0 Å². The van der Waals surface area contributed by atoms with E-state index in [1.807, 2.05) is 25.1 Å². The van der Waals surface area contributed by atoms with Crippen LogP contribution in [-0.4, -0.2) is 12.0 Å². The molecule has 0 bridgehead atoms. The van der Waals surface area contributed by atoms with E-state index in [1.54, 1.807) is 0 Å². The molecule has 3 rings (SSSR count). The second-order valence-electron chi connectivity index (χ2n) is 7.93. The number of carbonyl (C=O) groups excluding carboxylic acids is 1. The smallest absolute Gasteiger partial charge is 0.235 e. The van der Waals surface area contributed by atoms with Crippen molar-refractivity contribution < 1.29 is 9.53 Å². The Morgan fingerprint density at radius 1 is 1.15 bits per heavy atom. The predicted molar refractivity (Wildman–Crippen MR) is 112 cm³/mol. The summed E-state index contributed by atoms with van der Waals surface area (Å²) in [6.45, 7) is 8.30. The maximum atomic E-state index is 13.3. The minimum Gasteiger partial charge on any atom is -0.490 e. The topological polar surface area (TPSA) is 38.3 Å². The molecule has 1 amide bonds. The van der Waals surface area contributed by atoms with Crippen LogP contribution in [0, 0.1) is 13.8 Å². The molecule has 0 aromatic heterocycles. The van der Waals surface area contributed by atoms with Crippen molar-refractivity contribution in [3.63, 3.8) is 0 Å². The Morgan fingerprint density at radius 3 is 2.52 bits per heavy atom. The van der Waals surface area contributed by atoms with Gasteiger partial charge in [-0.1, -0.05) is 49.6 Å². The summed E-state index contributed by atoms with van der Waals surface area (Å²) in [5.74, 6) is 0.997. The average molecular weight is 366 g/mol. The zero-order chi connectivity index (χ0) is 19.4. The third kappa shape index (κ3) is 4.18. The molecule has 0 aliphatic heterocycles. The van der Waals surface area contributed by atoms with Crippen molar-refractivity contribution in [1.29, 1.82) is 0 Å². The first kappa shape index (κ1) is 19.5.